The summed E-state index contributed by atoms with van der Waals surface area (Å²) in [6, 6.07) is 65.6. The van der Waals surface area contributed by atoms with E-state index in [1.165, 1.54) is 32.5 Å². The molecule has 3 aromatic heterocycles. The number of hydrogen-bond donors (Lipinski definition) is 1. The number of aromatic nitrogens is 1. The summed E-state index contributed by atoms with van der Waals surface area (Å²) < 4.78 is 16.2. The number of furan rings is 2. The fourth-order valence-corrected chi connectivity index (χ4v) is 10.4. The first-order valence-corrected chi connectivity index (χ1v) is 21.7. The number of nitrogens with one attached hydrogen (secondary N) is 1. The maximum absolute atomic E-state index is 7.05. The van der Waals surface area contributed by atoms with Crippen LogP contribution >= 0.6 is 0 Å². The Bertz CT molecular complexity index is 3780. The Morgan fingerprint density at radius 1 is 0.516 bits per heavy atom. The average Bonchev–Trinajstić information content (AvgIpc) is 3.98. The monoisotopic (exact) mass is 799 g/mol. The maximum atomic E-state index is 7.05. The van der Waals surface area contributed by atoms with Gasteiger partial charge in [0.25, 0.3) is 0 Å². The van der Waals surface area contributed by atoms with Crippen LogP contribution in [0.25, 0.3) is 92.9 Å². The van der Waals surface area contributed by atoms with E-state index in [0.717, 1.165) is 95.7 Å². The predicted octanol–water partition coefficient (Wildman–Crippen LogP) is 15.1. The smallest absolute Gasteiger partial charge is 0.159 e. The molecule has 296 valence electrons. The van der Waals surface area contributed by atoms with Gasteiger partial charge in [-0.1, -0.05) is 140 Å². The standard InChI is InChI=1S/C57H41N3O2/c1-34-26-27-48(58-57(59-54(34)35-14-3-2-4-15-35)44-23-13-22-43-42-21-10-12-25-52(42)61-55(43)44)40-30-47-46-29-37-17-6-8-19-39(37)33-53(46)62-56(47)51(32-40)60-49-24-11-9-20-41(49)45-28-36-16-5-7-18-38(36)31-50(45)60/h2-25,28-34,54,57,59H,26-27H2,1H3/b58-48+/t34-,54?,57?/m1/s1. The van der Waals surface area contributed by atoms with Crippen molar-refractivity contribution < 1.29 is 8.83 Å². The maximum Gasteiger partial charge on any atom is 0.159 e. The highest BCUT2D eigenvalue weighted by Gasteiger charge is 2.30. The summed E-state index contributed by atoms with van der Waals surface area (Å²) in [5, 5.41) is 15.7. The lowest BCUT2D eigenvalue weighted by molar-refractivity contribution is 0.328. The third-order valence-corrected chi connectivity index (χ3v) is 13.4. The number of hydrogen-bond acceptors (Lipinski definition) is 4. The third kappa shape index (κ3) is 5.48. The van der Waals surface area contributed by atoms with Gasteiger partial charge in [-0.2, -0.15) is 0 Å². The molecule has 0 aliphatic carbocycles. The molecule has 9 aromatic carbocycles. The van der Waals surface area contributed by atoms with E-state index in [4.69, 9.17) is 13.8 Å². The molecule has 5 nitrogen and oxygen atoms in total. The zero-order chi connectivity index (χ0) is 40.9. The van der Waals surface area contributed by atoms with Crippen molar-refractivity contribution in [3.63, 3.8) is 0 Å². The van der Waals surface area contributed by atoms with Crippen LogP contribution in [0.5, 0.6) is 0 Å². The molecule has 1 aliphatic rings. The van der Waals surface area contributed by atoms with Crippen LogP contribution in [0.4, 0.5) is 0 Å². The summed E-state index contributed by atoms with van der Waals surface area (Å²) in [5.74, 6) is 0.315. The molecular weight excluding hydrogens is 759 g/mol. The molecule has 0 radical (unpaired) electrons. The second kappa shape index (κ2) is 13.8. The molecule has 62 heavy (non-hydrogen) atoms. The summed E-state index contributed by atoms with van der Waals surface area (Å²) >= 11 is 0. The van der Waals surface area contributed by atoms with Gasteiger partial charge in [0.05, 0.1) is 16.7 Å². The molecule has 0 saturated carbocycles. The van der Waals surface area contributed by atoms with Gasteiger partial charge in [0.1, 0.15) is 22.9 Å². The van der Waals surface area contributed by atoms with E-state index in [1.54, 1.807) is 0 Å². The largest absolute Gasteiger partial charge is 0.456 e. The Balaban J connectivity index is 1.10. The molecule has 13 rings (SSSR count). The summed E-state index contributed by atoms with van der Waals surface area (Å²) in [6.07, 6.45) is 1.38. The van der Waals surface area contributed by atoms with E-state index in [0.29, 0.717) is 5.92 Å². The van der Waals surface area contributed by atoms with Crippen LogP contribution in [0, 0.1) is 5.92 Å². The Morgan fingerprint density at radius 3 is 2.00 bits per heavy atom. The summed E-state index contributed by atoms with van der Waals surface area (Å²) in [5.41, 5.74) is 11.2. The van der Waals surface area contributed by atoms with Gasteiger partial charge in [-0.15, -0.1) is 0 Å². The second-order valence-corrected chi connectivity index (χ2v) is 17.1. The van der Waals surface area contributed by atoms with Crippen LogP contribution in [0.1, 0.15) is 48.7 Å². The molecule has 3 atom stereocenters. The van der Waals surface area contributed by atoms with Crippen molar-refractivity contribution in [3.05, 3.63) is 199 Å². The average molecular weight is 800 g/mol. The molecule has 0 amide bonds. The first-order chi connectivity index (χ1) is 30.6. The quantitative estimate of drug-likeness (QED) is 0.193. The lowest BCUT2D eigenvalue weighted by atomic mass is 9.87. The minimum Gasteiger partial charge on any atom is -0.456 e. The van der Waals surface area contributed by atoms with E-state index < -0.39 is 0 Å². The highest BCUT2D eigenvalue weighted by Crippen LogP contribution is 2.43. The highest BCUT2D eigenvalue weighted by atomic mass is 16.3. The second-order valence-electron chi connectivity index (χ2n) is 17.1. The van der Waals surface area contributed by atoms with Crippen molar-refractivity contribution in [1.82, 2.24) is 9.88 Å². The molecular formula is C57H41N3O2. The normalized spacial score (nSPS) is 18.3. The fourth-order valence-electron chi connectivity index (χ4n) is 10.4. The van der Waals surface area contributed by atoms with Gasteiger partial charge in [-0.05, 0) is 100.0 Å². The highest BCUT2D eigenvalue weighted by molar-refractivity contribution is 6.18. The van der Waals surface area contributed by atoms with Crippen LogP contribution in [-0.2, 0) is 0 Å². The third-order valence-electron chi connectivity index (χ3n) is 13.4. The number of aliphatic imine (C=N–C) groups is 1. The molecule has 5 heteroatoms. The van der Waals surface area contributed by atoms with Gasteiger partial charge < -0.3 is 13.4 Å². The van der Waals surface area contributed by atoms with Gasteiger partial charge in [-0.3, -0.25) is 10.3 Å². The molecule has 0 saturated heterocycles. The minimum absolute atomic E-state index is 0.0858. The van der Waals surface area contributed by atoms with Gasteiger partial charge in [-0.25, -0.2) is 0 Å². The van der Waals surface area contributed by atoms with E-state index in [-0.39, 0.29) is 12.2 Å². The predicted molar refractivity (Wildman–Crippen MR) is 257 cm³/mol. The number of benzene rings is 9. The van der Waals surface area contributed by atoms with E-state index in [2.05, 4.69) is 193 Å². The molecule has 0 bridgehead atoms. The van der Waals surface area contributed by atoms with Crippen LogP contribution in [0.2, 0.25) is 0 Å². The summed E-state index contributed by atoms with van der Waals surface area (Å²) in [7, 11) is 0. The first kappa shape index (κ1) is 35.3. The molecule has 0 fully saturated rings. The molecule has 1 N–H and O–H groups in total. The van der Waals surface area contributed by atoms with Gasteiger partial charge >= 0.3 is 0 Å². The van der Waals surface area contributed by atoms with Crippen molar-refractivity contribution in [1.29, 1.82) is 0 Å². The lowest BCUT2D eigenvalue weighted by Crippen LogP contribution is -2.33. The Kier molecular flexibility index (Phi) is 7.85. The van der Waals surface area contributed by atoms with Gasteiger partial charge in [0.15, 0.2) is 5.58 Å². The topological polar surface area (TPSA) is 55.6 Å². The van der Waals surface area contributed by atoms with E-state index in [1.807, 2.05) is 6.07 Å². The van der Waals surface area contributed by atoms with Crippen LogP contribution in [0.15, 0.2) is 196 Å². The Labute approximate surface area is 357 Å². The minimum atomic E-state index is -0.383. The molecule has 4 heterocycles. The van der Waals surface area contributed by atoms with Crippen LogP contribution < -0.4 is 5.32 Å². The van der Waals surface area contributed by atoms with Crippen LogP contribution in [0.3, 0.4) is 0 Å². The SMILES string of the molecule is C[C@@H]1CC/C(c2cc(-n3c4ccccc4c4cc5ccccc5cc43)c3oc4cc5ccccc5cc4c3c2)=N\C(c2cccc3c2oc2ccccc23)NC1c1ccccc1. The van der Waals surface area contributed by atoms with Gasteiger partial charge in [0, 0.05) is 49.6 Å². The first-order valence-electron chi connectivity index (χ1n) is 21.7. The van der Waals surface area contributed by atoms with Crippen molar-refractivity contribution in [2.75, 3.05) is 0 Å². The molecule has 1 aliphatic heterocycles. The van der Waals surface area contributed by atoms with Crippen molar-refractivity contribution in [2.45, 2.75) is 32.0 Å². The van der Waals surface area contributed by atoms with Gasteiger partial charge in [0.2, 0.25) is 0 Å². The van der Waals surface area contributed by atoms with Crippen LogP contribution in [-0.4, -0.2) is 10.3 Å². The Morgan fingerprint density at radius 2 is 1.18 bits per heavy atom. The van der Waals surface area contributed by atoms with E-state index in [9.17, 15) is 0 Å². The number of para-hydroxylation sites is 3. The molecule has 2 unspecified atom stereocenters. The number of nitrogens with zero attached hydrogens (tertiary/aromatic N) is 2. The van der Waals surface area contributed by atoms with Crippen molar-refractivity contribution in [3.8, 4) is 5.69 Å². The summed E-state index contributed by atoms with van der Waals surface area (Å²) in [6.45, 7) is 2.37. The Hall–Kier alpha value is -7.47. The zero-order valence-electron chi connectivity index (χ0n) is 34.2. The number of fused-ring (bicyclic) bond motifs is 11. The van der Waals surface area contributed by atoms with Crippen molar-refractivity contribution in [2.24, 2.45) is 10.9 Å². The van der Waals surface area contributed by atoms with Crippen molar-refractivity contribution >= 4 is 92.9 Å². The summed E-state index contributed by atoms with van der Waals surface area (Å²) in [4.78, 5) is 5.82. The number of rotatable bonds is 4. The van der Waals surface area contributed by atoms with E-state index >= 15 is 0 Å². The molecule has 12 aromatic rings. The zero-order valence-corrected chi connectivity index (χ0v) is 34.2. The molecule has 0 spiro atoms. The lowest BCUT2D eigenvalue weighted by Gasteiger charge is -2.32. The fraction of sp³-hybridized carbons (Fsp3) is 0.105.